The Morgan fingerprint density at radius 2 is 1.84 bits per heavy atom. The van der Waals surface area contributed by atoms with Crippen molar-refractivity contribution in [3.8, 4) is 0 Å². The molecule has 0 heterocycles. The minimum atomic E-state index is -0.878. The van der Waals surface area contributed by atoms with Crippen LogP contribution in [0.1, 0.15) is 33.1 Å². The number of primary amides is 1. The molecule has 108 valence electrons. The van der Waals surface area contributed by atoms with Crippen LogP contribution in [-0.4, -0.2) is 36.1 Å². The van der Waals surface area contributed by atoms with Crippen molar-refractivity contribution in [1.82, 2.24) is 10.6 Å². The van der Waals surface area contributed by atoms with E-state index in [1.807, 2.05) is 0 Å². The molecule has 0 unspecified atom stereocenters. The van der Waals surface area contributed by atoms with Gasteiger partial charge in [-0.05, 0) is 26.7 Å². The van der Waals surface area contributed by atoms with Gasteiger partial charge in [-0.25, -0.2) is 4.79 Å². The van der Waals surface area contributed by atoms with Crippen LogP contribution in [0.15, 0.2) is 0 Å². The van der Waals surface area contributed by atoms with Crippen LogP contribution in [0.2, 0.25) is 0 Å². The summed E-state index contributed by atoms with van der Waals surface area (Å²) in [7, 11) is 0. The molecule has 7 nitrogen and oxygen atoms in total. The predicted octanol–water partition coefficient (Wildman–Crippen LogP) is 0.0520. The number of urea groups is 1. The SMILES string of the molecule is CC(C)(CNC(=O)NCC1(C(=O)O)CCC1)C(N)=O. The Labute approximate surface area is 111 Å². The molecule has 0 aromatic rings. The second kappa shape index (κ2) is 5.46. The van der Waals surface area contributed by atoms with Gasteiger partial charge in [0.15, 0.2) is 0 Å². The van der Waals surface area contributed by atoms with Gasteiger partial charge in [-0.3, -0.25) is 9.59 Å². The van der Waals surface area contributed by atoms with Crippen LogP contribution < -0.4 is 16.4 Å². The first kappa shape index (κ1) is 15.3. The van der Waals surface area contributed by atoms with E-state index in [1.54, 1.807) is 13.8 Å². The van der Waals surface area contributed by atoms with Crippen LogP contribution in [0.25, 0.3) is 0 Å². The lowest BCUT2D eigenvalue weighted by Crippen LogP contribution is -2.51. The number of hydrogen-bond donors (Lipinski definition) is 4. The first-order valence-corrected chi connectivity index (χ1v) is 6.25. The van der Waals surface area contributed by atoms with E-state index < -0.39 is 28.7 Å². The number of carbonyl (C=O) groups is 3. The number of amides is 3. The zero-order valence-corrected chi connectivity index (χ0v) is 11.3. The molecule has 1 rings (SSSR count). The summed E-state index contributed by atoms with van der Waals surface area (Å²) in [5, 5.41) is 14.2. The fraction of sp³-hybridized carbons (Fsp3) is 0.750. The van der Waals surface area contributed by atoms with Gasteiger partial charge in [0, 0.05) is 13.1 Å². The van der Waals surface area contributed by atoms with Gasteiger partial charge in [0.25, 0.3) is 0 Å². The quantitative estimate of drug-likeness (QED) is 0.545. The maximum Gasteiger partial charge on any atom is 0.314 e. The molecular weight excluding hydrogens is 250 g/mol. The Morgan fingerprint density at radius 1 is 1.26 bits per heavy atom. The average Bonchev–Trinajstić information content (AvgIpc) is 2.24. The highest BCUT2D eigenvalue weighted by molar-refractivity contribution is 5.82. The second-order valence-electron chi connectivity index (χ2n) is 5.72. The van der Waals surface area contributed by atoms with Crippen LogP contribution in [-0.2, 0) is 9.59 Å². The molecule has 1 fully saturated rings. The summed E-state index contributed by atoms with van der Waals surface area (Å²) in [6, 6.07) is -0.484. The normalized spacial score (nSPS) is 17.2. The van der Waals surface area contributed by atoms with Crippen molar-refractivity contribution in [2.24, 2.45) is 16.6 Å². The molecule has 1 aliphatic carbocycles. The van der Waals surface area contributed by atoms with E-state index in [9.17, 15) is 14.4 Å². The summed E-state index contributed by atoms with van der Waals surface area (Å²) in [5.41, 5.74) is 3.52. The molecule has 1 aliphatic rings. The van der Waals surface area contributed by atoms with Crippen LogP contribution in [0.4, 0.5) is 4.79 Å². The van der Waals surface area contributed by atoms with Crippen LogP contribution in [0.5, 0.6) is 0 Å². The lowest BCUT2D eigenvalue weighted by Gasteiger charge is -2.37. The minimum absolute atomic E-state index is 0.102. The van der Waals surface area contributed by atoms with Gasteiger partial charge in [0.05, 0.1) is 10.8 Å². The Balaban J connectivity index is 2.36. The Kier molecular flexibility index (Phi) is 4.39. The van der Waals surface area contributed by atoms with Crippen LogP contribution >= 0.6 is 0 Å². The topological polar surface area (TPSA) is 122 Å². The monoisotopic (exact) mass is 271 g/mol. The summed E-state index contributed by atoms with van der Waals surface area (Å²) in [6.45, 7) is 3.46. The molecule has 0 aliphatic heterocycles. The van der Waals surface area contributed by atoms with Crippen molar-refractivity contribution in [2.45, 2.75) is 33.1 Å². The summed E-state index contributed by atoms with van der Waals surface area (Å²) >= 11 is 0. The van der Waals surface area contributed by atoms with Gasteiger partial charge >= 0.3 is 12.0 Å². The molecule has 0 atom stereocenters. The van der Waals surface area contributed by atoms with Crippen molar-refractivity contribution in [1.29, 1.82) is 0 Å². The van der Waals surface area contributed by atoms with Gasteiger partial charge in [-0.15, -0.1) is 0 Å². The van der Waals surface area contributed by atoms with Gasteiger partial charge in [-0.1, -0.05) is 6.42 Å². The smallest absolute Gasteiger partial charge is 0.314 e. The standard InChI is InChI=1S/C12H21N3O4/c1-11(2,8(13)16)6-14-10(19)15-7-12(9(17)18)4-3-5-12/h3-7H2,1-2H3,(H2,13,16)(H,17,18)(H2,14,15,19). The molecule has 5 N–H and O–H groups in total. The summed E-state index contributed by atoms with van der Waals surface area (Å²) in [5.74, 6) is -1.38. The van der Waals surface area contributed by atoms with Crippen molar-refractivity contribution in [3.63, 3.8) is 0 Å². The number of hydrogen-bond acceptors (Lipinski definition) is 3. The van der Waals surface area contributed by atoms with Crippen molar-refractivity contribution in [3.05, 3.63) is 0 Å². The fourth-order valence-electron chi connectivity index (χ4n) is 1.77. The summed E-state index contributed by atoms with van der Waals surface area (Å²) in [6.07, 6.45) is 2.02. The zero-order chi connectivity index (χ0) is 14.7. The van der Waals surface area contributed by atoms with Crippen molar-refractivity contribution >= 4 is 17.9 Å². The second-order valence-corrected chi connectivity index (χ2v) is 5.72. The van der Waals surface area contributed by atoms with Gasteiger partial charge in [0.2, 0.25) is 5.91 Å². The third kappa shape index (κ3) is 3.59. The largest absolute Gasteiger partial charge is 0.481 e. The molecule has 7 heteroatoms. The number of carboxylic acid groups (broad SMARTS) is 1. The van der Waals surface area contributed by atoms with Gasteiger partial charge < -0.3 is 21.5 Å². The van der Waals surface area contributed by atoms with E-state index in [-0.39, 0.29) is 13.1 Å². The fourth-order valence-corrected chi connectivity index (χ4v) is 1.77. The van der Waals surface area contributed by atoms with E-state index in [1.165, 1.54) is 0 Å². The number of carboxylic acids is 1. The molecular formula is C12H21N3O4. The third-order valence-corrected chi connectivity index (χ3v) is 3.71. The van der Waals surface area contributed by atoms with E-state index in [0.717, 1.165) is 6.42 Å². The van der Waals surface area contributed by atoms with E-state index in [4.69, 9.17) is 10.8 Å². The number of rotatable bonds is 6. The minimum Gasteiger partial charge on any atom is -0.481 e. The highest BCUT2D eigenvalue weighted by atomic mass is 16.4. The molecule has 0 radical (unpaired) electrons. The predicted molar refractivity (Wildman–Crippen MR) is 68.3 cm³/mol. The number of nitrogens with two attached hydrogens (primary N) is 1. The first-order valence-electron chi connectivity index (χ1n) is 6.25. The molecule has 1 saturated carbocycles. The van der Waals surface area contributed by atoms with Crippen molar-refractivity contribution < 1.29 is 19.5 Å². The average molecular weight is 271 g/mol. The van der Waals surface area contributed by atoms with Crippen LogP contribution in [0.3, 0.4) is 0 Å². The number of aliphatic carboxylic acids is 1. The van der Waals surface area contributed by atoms with E-state index >= 15 is 0 Å². The molecule has 0 aromatic heterocycles. The highest BCUT2D eigenvalue weighted by Crippen LogP contribution is 2.40. The van der Waals surface area contributed by atoms with E-state index in [2.05, 4.69) is 10.6 Å². The lowest BCUT2D eigenvalue weighted by atomic mass is 9.69. The number of carbonyl (C=O) groups excluding carboxylic acids is 2. The molecule has 19 heavy (non-hydrogen) atoms. The van der Waals surface area contributed by atoms with Crippen molar-refractivity contribution in [2.75, 3.05) is 13.1 Å². The first-order chi connectivity index (χ1) is 8.69. The maximum absolute atomic E-state index is 11.6. The maximum atomic E-state index is 11.6. The zero-order valence-electron chi connectivity index (χ0n) is 11.3. The molecule has 0 saturated heterocycles. The summed E-state index contributed by atoms with van der Waals surface area (Å²) < 4.78 is 0. The molecule has 0 spiro atoms. The van der Waals surface area contributed by atoms with Gasteiger partial charge in [-0.2, -0.15) is 0 Å². The van der Waals surface area contributed by atoms with Crippen LogP contribution in [0, 0.1) is 10.8 Å². The summed E-state index contributed by atoms with van der Waals surface area (Å²) in [4.78, 5) is 33.7. The number of nitrogens with one attached hydrogen (secondary N) is 2. The Hall–Kier alpha value is -1.79. The van der Waals surface area contributed by atoms with E-state index in [0.29, 0.717) is 12.8 Å². The third-order valence-electron chi connectivity index (χ3n) is 3.71. The lowest BCUT2D eigenvalue weighted by molar-refractivity contribution is -0.153. The molecule has 0 bridgehead atoms. The van der Waals surface area contributed by atoms with Gasteiger partial charge in [0.1, 0.15) is 0 Å². The Bertz CT molecular complexity index is 388. The molecule has 0 aromatic carbocycles. The Morgan fingerprint density at radius 3 is 2.21 bits per heavy atom. The molecule has 3 amide bonds. The highest BCUT2D eigenvalue weighted by Gasteiger charge is 2.44.